The zero-order chi connectivity index (χ0) is 15.8. The fraction of sp³-hybridized carbons (Fsp3) is 1.00. The van der Waals surface area contributed by atoms with Gasteiger partial charge in [0.2, 0.25) is 0 Å². The number of hydrogen-bond acceptors (Lipinski definition) is 1. The Hall–Kier alpha value is -0.0400. The summed E-state index contributed by atoms with van der Waals surface area (Å²) in [4.78, 5) is 0. The highest BCUT2D eigenvalue weighted by atomic mass is 14.8. The Labute approximate surface area is 135 Å². The zero-order valence-electron chi connectivity index (χ0n) is 15.6. The van der Waals surface area contributed by atoms with Crippen molar-refractivity contribution in [2.24, 2.45) is 11.8 Å². The Bertz CT molecular complexity index is 170. The van der Waals surface area contributed by atoms with Gasteiger partial charge in [0.15, 0.2) is 0 Å². The van der Waals surface area contributed by atoms with Gasteiger partial charge >= 0.3 is 0 Å². The number of hydrogen-bond donors (Lipinski definition) is 1. The van der Waals surface area contributed by atoms with Crippen LogP contribution in [0, 0.1) is 11.8 Å². The van der Waals surface area contributed by atoms with Crippen molar-refractivity contribution < 1.29 is 0 Å². The zero-order valence-corrected chi connectivity index (χ0v) is 15.6. The molecule has 0 amide bonds. The summed E-state index contributed by atoms with van der Waals surface area (Å²) in [5.74, 6) is 1.93. The molecular weight excluding hydrogens is 254 g/mol. The van der Waals surface area contributed by atoms with Crippen LogP contribution in [0.1, 0.15) is 105 Å². The molecule has 0 saturated heterocycles. The number of nitrogens with one attached hydrogen (secondary N) is 1. The largest absolute Gasteiger partial charge is 0.317 e. The highest BCUT2D eigenvalue weighted by Crippen LogP contribution is 2.19. The standard InChI is InChI=1S/C20H43N/c1-5-9-13-19(11-7-3)15-17-21-18-16-20(12-8-4)14-10-6-2/h19-21H,5-18H2,1-4H3. The summed E-state index contributed by atoms with van der Waals surface area (Å²) in [6.45, 7) is 11.8. The maximum absolute atomic E-state index is 3.72. The smallest absolute Gasteiger partial charge is 0.00463 e. The minimum Gasteiger partial charge on any atom is -0.317 e. The van der Waals surface area contributed by atoms with Gasteiger partial charge in [0.1, 0.15) is 0 Å². The molecule has 0 bridgehead atoms. The molecule has 0 radical (unpaired) electrons. The molecule has 1 heteroatoms. The van der Waals surface area contributed by atoms with Crippen LogP contribution in [0.25, 0.3) is 0 Å². The van der Waals surface area contributed by atoms with Gasteiger partial charge in [-0.3, -0.25) is 0 Å². The van der Waals surface area contributed by atoms with E-state index in [2.05, 4.69) is 33.0 Å². The van der Waals surface area contributed by atoms with Gasteiger partial charge < -0.3 is 5.32 Å². The average molecular weight is 298 g/mol. The SMILES string of the molecule is CCCCC(CCC)CCNCCC(CCC)CCCC. The van der Waals surface area contributed by atoms with Crippen LogP contribution >= 0.6 is 0 Å². The van der Waals surface area contributed by atoms with Gasteiger partial charge in [0.25, 0.3) is 0 Å². The molecule has 0 aliphatic heterocycles. The summed E-state index contributed by atoms with van der Waals surface area (Å²) in [7, 11) is 0. The Morgan fingerprint density at radius 2 is 0.952 bits per heavy atom. The molecule has 1 nitrogen and oxygen atoms in total. The molecule has 0 fully saturated rings. The van der Waals surface area contributed by atoms with Crippen LogP contribution in [0.3, 0.4) is 0 Å². The third kappa shape index (κ3) is 13.4. The predicted octanol–water partition coefficient (Wildman–Crippen LogP) is 6.57. The summed E-state index contributed by atoms with van der Waals surface area (Å²) in [5.41, 5.74) is 0. The van der Waals surface area contributed by atoms with Gasteiger partial charge in [-0.15, -0.1) is 0 Å². The highest BCUT2D eigenvalue weighted by Gasteiger charge is 2.08. The molecule has 0 aromatic rings. The molecule has 128 valence electrons. The van der Waals surface area contributed by atoms with Gasteiger partial charge in [-0.25, -0.2) is 0 Å². The van der Waals surface area contributed by atoms with E-state index < -0.39 is 0 Å². The van der Waals surface area contributed by atoms with Crippen LogP contribution in [-0.4, -0.2) is 13.1 Å². The first-order chi connectivity index (χ1) is 10.3. The van der Waals surface area contributed by atoms with Crippen LogP contribution in [0.4, 0.5) is 0 Å². The van der Waals surface area contributed by atoms with Crippen molar-refractivity contribution in [1.29, 1.82) is 0 Å². The van der Waals surface area contributed by atoms with Crippen molar-refractivity contribution in [2.45, 2.75) is 105 Å². The highest BCUT2D eigenvalue weighted by molar-refractivity contribution is 4.64. The second kappa shape index (κ2) is 16.3. The second-order valence-corrected chi connectivity index (χ2v) is 6.92. The average Bonchev–Trinajstić information content (AvgIpc) is 2.49. The van der Waals surface area contributed by atoms with Gasteiger partial charge in [-0.05, 0) is 37.8 Å². The lowest BCUT2D eigenvalue weighted by Crippen LogP contribution is -2.21. The Balaban J connectivity index is 3.69. The lowest BCUT2D eigenvalue weighted by molar-refractivity contribution is 0.369. The second-order valence-electron chi connectivity index (χ2n) is 6.92. The maximum atomic E-state index is 3.72. The van der Waals surface area contributed by atoms with E-state index in [1.807, 2.05) is 0 Å². The minimum absolute atomic E-state index is 0.967. The van der Waals surface area contributed by atoms with Gasteiger partial charge in [-0.2, -0.15) is 0 Å². The summed E-state index contributed by atoms with van der Waals surface area (Å²) in [6.07, 6.45) is 16.8. The summed E-state index contributed by atoms with van der Waals surface area (Å²) >= 11 is 0. The van der Waals surface area contributed by atoms with E-state index in [0.29, 0.717) is 0 Å². The normalized spacial score (nSPS) is 14.3. The molecule has 0 rings (SSSR count). The Morgan fingerprint density at radius 1 is 0.524 bits per heavy atom. The van der Waals surface area contributed by atoms with E-state index >= 15 is 0 Å². The number of unbranched alkanes of at least 4 members (excludes halogenated alkanes) is 2. The van der Waals surface area contributed by atoms with Crippen LogP contribution in [0.2, 0.25) is 0 Å². The monoisotopic (exact) mass is 297 g/mol. The molecular formula is C20H43N. The first-order valence-corrected chi connectivity index (χ1v) is 9.99. The summed E-state index contributed by atoms with van der Waals surface area (Å²) < 4.78 is 0. The van der Waals surface area contributed by atoms with Crippen molar-refractivity contribution in [1.82, 2.24) is 5.32 Å². The molecule has 2 unspecified atom stereocenters. The van der Waals surface area contributed by atoms with E-state index in [9.17, 15) is 0 Å². The van der Waals surface area contributed by atoms with Crippen LogP contribution in [0.5, 0.6) is 0 Å². The van der Waals surface area contributed by atoms with E-state index in [1.54, 1.807) is 0 Å². The fourth-order valence-electron chi connectivity index (χ4n) is 3.41. The molecule has 0 aromatic carbocycles. The van der Waals surface area contributed by atoms with Gasteiger partial charge in [0.05, 0.1) is 0 Å². The van der Waals surface area contributed by atoms with Crippen LogP contribution in [0.15, 0.2) is 0 Å². The lowest BCUT2D eigenvalue weighted by atomic mass is 9.93. The molecule has 21 heavy (non-hydrogen) atoms. The van der Waals surface area contributed by atoms with Crippen LogP contribution in [-0.2, 0) is 0 Å². The van der Waals surface area contributed by atoms with Crippen molar-refractivity contribution in [2.75, 3.05) is 13.1 Å². The third-order valence-corrected chi connectivity index (χ3v) is 4.78. The Morgan fingerprint density at radius 3 is 1.29 bits per heavy atom. The first-order valence-electron chi connectivity index (χ1n) is 9.99. The molecule has 2 atom stereocenters. The molecule has 0 heterocycles. The molecule has 0 aliphatic carbocycles. The van der Waals surface area contributed by atoms with E-state index in [1.165, 1.54) is 90.1 Å². The quantitative estimate of drug-likeness (QED) is 0.318. The molecule has 1 N–H and O–H groups in total. The molecule has 0 aliphatic rings. The molecule has 0 saturated carbocycles. The maximum Gasteiger partial charge on any atom is -0.00463 e. The first kappa shape index (κ1) is 21.0. The number of rotatable bonds is 16. The molecule has 0 spiro atoms. The van der Waals surface area contributed by atoms with Gasteiger partial charge in [-0.1, -0.05) is 91.9 Å². The van der Waals surface area contributed by atoms with Crippen molar-refractivity contribution >= 4 is 0 Å². The van der Waals surface area contributed by atoms with Crippen molar-refractivity contribution in [3.63, 3.8) is 0 Å². The molecule has 0 aromatic heterocycles. The lowest BCUT2D eigenvalue weighted by Gasteiger charge is -2.18. The summed E-state index contributed by atoms with van der Waals surface area (Å²) in [6, 6.07) is 0. The minimum atomic E-state index is 0.967. The predicted molar refractivity (Wildman–Crippen MR) is 97.9 cm³/mol. The van der Waals surface area contributed by atoms with Gasteiger partial charge in [0, 0.05) is 0 Å². The van der Waals surface area contributed by atoms with Crippen molar-refractivity contribution in [3.05, 3.63) is 0 Å². The van der Waals surface area contributed by atoms with Crippen LogP contribution < -0.4 is 5.32 Å². The Kier molecular flexibility index (Phi) is 16.3. The van der Waals surface area contributed by atoms with E-state index in [0.717, 1.165) is 11.8 Å². The third-order valence-electron chi connectivity index (χ3n) is 4.78. The topological polar surface area (TPSA) is 12.0 Å². The van der Waals surface area contributed by atoms with E-state index in [4.69, 9.17) is 0 Å². The van der Waals surface area contributed by atoms with Crippen molar-refractivity contribution in [3.8, 4) is 0 Å². The fourth-order valence-corrected chi connectivity index (χ4v) is 3.41. The summed E-state index contributed by atoms with van der Waals surface area (Å²) in [5, 5.41) is 3.72. The van der Waals surface area contributed by atoms with E-state index in [-0.39, 0.29) is 0 Å².